The SMILES string of the molecule is Cc1cc(Br)c(NC(=O)c2cccc(N(C)C(=O)c3cncnc3)c2)c([S+]([O-])C(F)(F)F)c1. The number of hydrogen-bond acceptors (Lipinski definition) is 5. The lowest BCUT2D eigenvalue weighted by molar-refractivity contribution is -0.0435. The van der Waals surface area contributed by atoms with Crippen LogP contribution in [0.5, 0.6) is 0 Å². The molecule has 0 radical (unpaired) electrons. The van der Waals surface area contributed by atoms with E-state index in [4.69, 9.17) is 0 Å². The lowest BCUT2D eigenvalue weighted by atomic mass is 10.1. The number of amides is 2. The lowest BCUT2D eigenvalue weighted by Crippen LogP contribution is -2.27. The summed E-state index contributed by atoms with van der Waals surface area (Å²) in [6.07, 6.45) is 3.98. The fourth-order valence-corrected chi connectivity index (χ4v) is 4.56. The molecule has 1 unspecified atom stereocenters. The van der Waals surface area contributed by atoms with Crippen LogP contribution in [0.4, 0.5) is 24.5 Å². The molecule has 0 fully saturated rings. The minimum absolute atomic E-state index is 0.0766. The van der Waals surface area contributed by atoms with E-state index in [9.17, 15) is 27.3 Å². The second kappa shape index (κ2) is 9.89. The Bertz CT molecular complexity index is 1200. The standard InChI is InChI=1S/C21H16BrF3N4O3S/c1-12-6-16(22)18(17(7-12)33(32)21(23,24)25)28-19(30)13-4-3-5-15(8-13)29(2)20(31)14-9-26-11-27-10-14/h3-11H,1-2H3,(H,28,30). The summed E-state index contributed by atoms with van der Waals surface area (Å²) in [4.78, 5) is 33.8. The molecule has 0 aliphatic carbocycles. The number of halogens is 4. The molecule has 0 saturated heterocycles. The second-order valence-corrected chi connectivity index (χ2v) is 9.12. The predicted octanol–water partition coefficient (Wildman–Crippen LogP) is 4.70. The van der Waals surface area contributed by atoms with Crippen LogP contribution < -0.4 is 10.2 Å². The molecule has 1 atom stereocenters. The molecular weight excluding hydrogens is 525 g/mol. The zero-order valence-electron chi connectivity index (χ0n) is 17.2. The highest BCUT2D eigenvalue weighted by molar-refractivity contribution is 9.10. The number of aryl methyl sites for hydroxylation is 1. The summed E-state index contributed by atoms with van der Waals surface area (Å²) in [5, 5.41) is 2.40. The summed E-state index contributed by atoms with van der Waals surface area (Å²) in [5.74, 6) is -1.16. The number of anilines is 2. The van der Waals surface area contributed by atoms with E-state index in [0.717, 1.165) is 6.07 Å². The molecule has 0 bridgehead atoms. The Labute approximate surface area is 198 Å². The zero-order chi connectivity index (χ0) is 24.3. The Morgan fingerprint density at radius 3 is 2.42 bits per heavy atom. The van der Waals surface area contributed by atoms with Crippen LogP contribution in [0.2, 0.25) is 0 Å². The number of hydrogen-bond donors (Lipinski definition) is 1. The van der Waals surface area contributed by atoms with Crippen molar-refractivity contribution in [3.05, 3.63) is 76.3 Å². The Hall–Kier alpha value is -2.96. The third kappa shape index (κ3) is 5.70. The van der Waals surface area contributed by atoms with Gasteiger partial charge in [-0.2, -0.15) is 0 Å². The third-order valence-corrected chi connectivity index (χ3v) is 6.22. The molecule has 1 heterocycles. The Balaban J connectivity index is 1.90. The summed E-state index contributed by atoms with van der Waals surface area (Å²) in [7, 11) is 1.49. The van der Waals surface area contributed by atoms with Crippen molar-refractivity contribution in [2.24, 2.45) is 0 Å². The minimum atomic E-state index is -5.00. The highest BCUT2D eigenvalue weighted by atomic mass is 79.9. The highest BCUT2D eigenvalue weighted by Gasteiger charge is 2.47. The van der Waals surface area contributed by atoms with E-state index >= 15 is 0 Å². The van der Waals surface area contributed by atoms with Gasteiger partial charge in [0.2, 0.25) is 0 Å². The quantitative estimate of drug-likeness (QED) is 0.473. The van der Waals surface area contributed by atoms with Crippen LogP contribution in [-0.4, -0.2) is 38.9 Å². The normalized spacial score (nSPS) is 12.2. The number of nitrogens with zero attached hydrogens (tertiary/aromatic N) is 3. The van der Waals surface area contributed by atoms with Gasteiger partial charge in [-0.05, 0) is 58.7 Å². The topological polar surface area (TPSA) is 98.2 Å². The first kappa shape index (κ1) is 24.7. The molecule has 2 aromatic carbocycles. The number of nitrogens with one attached hydrogen (secondary N) is 1. The van der Waals surface area contributed by atoms with Gasteiger partial charge < -0.3 is 14.8 Å². The highest BCUT2D eigenvalue weighted by Crippen LogP contribution is 2.39. The van der Waals surface area contributed by atoms with Gasteiger partial charge in [-0.15, -0.1) is 13.2 Å². The number of carbonyl (C=O) groups is 2. The predicted molar refractivity (Wildman–Crippen MR) is 121 cm³/mol. The Morgan fingerprint density at radius 1 is 1.12 bits per heavy atom. The van der Waals surface area contributed by atoms with Crippen LogP contribution in [0.3, 0.4) is 0 Å². The van der Waals surface area contributed by atoms with Gasteiger partial charge >= 0.3 is 5.51 Å². The average Bonchev–Trinajstić information content (AvgIpc) is 2.79. The molecule has 2 amide bonds. The second-order valence-electron chi connectivity index (χ2n) is 6.83. The van der Waals surface area contributed by atoms with Gasteiger partial charge in [0.25, 0.3) is 11.8 Å². The van der Waals surface area contributed by atoms with Gasteiger partial charge in [-0.25, -0.2) is 9.97 Å². The third-order valence-electron chi connectivity index (χ3n) is 4.45. The van der Waals surface area contributed by atoms with Crippen LogP contribution >= 0.6 is 15.9 Å². The molecule has 33 heavy (non-hydrogen) atoms. The molecule has 1 N–H and O–H groups in total. The first-order valence-electron chi connectivity index (χ1n) is 9.22. The van der Waals surface area contributed by atoms with E-state index < -0.39 is 33.4 Å². The Kier molecular flexibility index (Phi) is 7.40. The summed E-state index contributed by atoms with van der Waals surface area (Å²) < 4.78 is 51.5. The summed E-state index contributed by atoms with van der Waals surface area (Å²) >= 11 is -0.219. The first-order chi connectivity index (χ1) is 15.5. The summed E-state index contributed by atoms with van der Waals surface area (Å²) in [6, 6.07) is 8.55. The van der Waals surface area contributed by atoms with Crippen molar-refractivity contribution in [3.63, 3.8) is 0 Å². The van der Waals surface area contributed by atoms with E-state index in [2.05, 4.69) is 31.2 Å². The van der Waals surface area contributed by atoms with Crippen molar-refractivity contribution in [2.75, 3.05) is 17.3 Å². The molecular formula is C21H16BrF3N4O3S. The van der Waals surface area contributed by atoms with Crippen molar-refractivity contribution in [3.8, 4) is 0 Å². The van der Waals surface area contributed by atoms with Crippen molar-refractivity contribution in [1.29, 1.82) is 0 Å². The molecule has 0 aliphatic heterocycles. The minimum Gasteiger partial charge on any atom is -0.604 e. The maximum absolute atomic E-state index is 13.1. The van der Waals surface area contributed by atoms with Gasteiger partial charge in [-0.3, -0.25) is 9.59 Å². The van der Waals surface area contributed by atoms with Gasteiger partial charge in [0.05, 0.1) is 5.56 Å². The fourth-order valence-electron chi connectivity index (χ4n) is 2.86. The van der Waals surface area contributed by atoms with Gasteiger partial charge in [0, 0.05) is 35.2 Å². The smallest absolute Gasteiger partial charge is 0.578 e. The summed E-state index contributed by atoms with van der Waals surface area (Å²) in [6.45, 7) is 1.54. The molecule has 0 aliphatic rings. The number of rotatable bonds is 5. The van der Waals surface area contributed by atoms with Gasteiger partial charge in [0.15, 0.2) is 4.90 Å². The molecule has 0 spiro atoms. The van der Waals surface area contributed by atoms with Crippen LogP contribution in [0.1, 0.15) is 26.3 Å². The first-order valence-corrected chi connectivity index (χ1v) is 11.2. The van der Waals surface area contributed by atoms with Crippen LogP contribution in [0, 0.1) is 6.92 Å². The molecule has 172 valence electrons. The molecule has 0 saturated carbocycles. The van der Waals surface area contributed by atoms with Crippen LogP contribution in [0.15, 0.2) is 64.5 Å². The number of carbonyl (C=O) groups excluding carboxylic acids is 2. The van der Waals surface area contributed by atoms with Crippen LogP contribution in [0.25, 0.3) is 0 Å². The lowest BCUT2D eigenvalue weighted by Gasteiger charge is -2.19. The van der Waals surface area contributed by atoms with Crippen molar-refractivity contribution < 1.29 is 27.3 Å². The monoisotopic (exact) mass is 540 g/mol. The molecule has 3 rings (SSSR count). The molecule has 7 nitrogen and oxygen atoms in total. The average molecular weight is 541 g/mol. The number of alkyl halides is 3. The Morgan fingerprint density at radius 2 is 1.79 bits per heavy atom. The zero-order valence-corrected chi connectivity index (χ0v) is 19.6. The molecule has 3 aromatic rings. The number of benzene rings is 2. The van der Waals surface area contributed by atoms with Gasteiger partial charge in [-0.1, -0.05) is 6.07 Å². The van der Waals surface area contributed by atoms with E-state index in [0.29, 0.717) is 11.3 Å². The number of aromatic nitrogens is 2. The van der Waals surface area contributed by atoms with Crippen molar-refractivity contribution >= 4 is 50.3 Å². The van der Waals surface area contributed by atoms with Gasteiger partial charge in [0.1, 0.15) is 23.2 Å². The fraction of sp³-hybridized carbons (Fsp3) is 0.143. The van der Waals surface area contributed by atoms with Crippen molar-refractivity contribution in [1.82, 2.24) is 9.97 Å². The maximum Gasteiger partial charge on any atom is 0.578 e. The largest absolute Gasteiger partial charge is 0.604 e. The molecule has 12 heteroatoms. The maximum atomic E-state index is 13.1. The van der Waals surface area contributed by atoms with E-state index in [1.165, 1.54) is 54.9 Å². The van der Waals surface area contributed by atoms with Crippen molar-refractivity contribution in [2.45, 2.75) is 17.3 Å². The molecule has 1 aromatic heterocycles. The van der Waals surface area contributed by atoms with Crippen LogP contribution in [-0.2, 0) is 11.2 Å². The van der Waals surface area contributed by atoms with E-state index in [1.807, 2.05) is 0 Å². The van der Waals surface area contributed by atoms with E-state index in [1.54, 1.807) is 13.0 Å². The summed E-state index contributed by atoms with van der Waals surface area (Å²) in [5.41, 5.74) is -4.15. The van der Waals surface area contributed by atoms with E-state index in [-0.39, 0.29) is 21.3 Å².